The van der Waals surface area contributed by atoms with E-state index in [0.29, 0.717) is 0 Å². The molecule has 1 aliphatic heterocycles. The Hall–Kier alpha value is -1.31. The van der Waals surface area contributed by atoms with Crippen LogP contribution in [-0.4, -0.2) is 24.4 Å². The number of fused-ring (bicyclic) bond motifs is 1. The van der Waals surface area contributed by atoms with Crippen molar-refractivity contribution < 1.29 is 4.79 Å². The fraction of sp³-hybridized carbons (Fsp3) is 0.417. The van der Waals surface area contributed by atoms with Crippen molar-refractivity contribution >= 4 is 5.91 Å². The normalized spacial score (nSPS) is 16.4. The molecule has 1 aliphatic rings. The maximum atomic E-state index is 11.9. The predicted molar refractivity (Wildman–Crippen MR) is 56.5 cm³/mol. The molecule has 0 radical (unpaired) electrons. The van der Waals surface area contributed by atoms with Crippen LogP contribution >= 0.6 is 0 Å². The Morgan fingerprint density at radius 2 is 2.14 bits per heavy atom. The van der Waals surface area contributed by atoms with Crippen molar-refractivity contribution in [3.8, 4) is 0 Å². The van der Waals surface area contributed by atoms with Crippen LogP contribution < -0.4 is 0 Å². The number of hydrogen-bond donors (Lipinski definition) is 0. The van der Waals surface area contributed by atoms with E-state index in [0.717, 1.165) is 30.5 Å². The third kappa shape index (κ3) is 1.52. The summed E-state index contributed by atoms with van der Waals surface area (Å²) < 4.78 is 0. The van der Waals surface area contributed by atoms with Crippen molar-refractivity contribution in [1.82, 2.24) is 4.90 Å². The maximum absolute atomic E-state index is 11.9. The summed E-state index contributed by atoms with van der Waals surface area (Å²) in [6, 6.07) is 6.17. The van der Waals surface area contributed by atoms with Gasteiger partial charge in [0.05, 0.1) is 0 Å². The lowest BCUT2D eigenvalue weighted by Crippen LogP contribution is -2.26. The number of hydrogen-bond acceptors (Lipinski definition) is 1. The lowest BCUT2D eigenvalue weighted by atomic mass is 10.0. The topological polar surface area (TPSA) is 20.3 Å². The SMILES string of the molecule is Cc1ccc2c(c1)C(=O)N(C)CCC2. The Morgan fingerprint density at radius 1 is 1.36 bits per heavy atom. The van der Waals surface area contributed by atoms with E-state index in [1.807, 2.05) is 24.9 Å². The van der Waals surface area contributed by atoms with Crippen molar-refractivity contribution in [2.45, 2.75) is 19.8 Å². The van der Waals surface area contributed by atoms with E-state index in [2.05, 4.69) is 12.1 Å². The molecule has 0 unspecified atom stereocenters. The molecule has 0 N–H and O–H groups in total. The molecular weight excluding hydrogens is 174 g/mol. The van der Waals surface area contributed by atoms with Crippen molar-refractivity contribution in [2.24, 2.45) is 0 Å². The zero-order valence-corrected chi connectivity index (χ0v) is 8.71. The summed E-state index contributed by atoms with van der Waals surface area (Å²) in [5.74, 6) is 0.168. The quantitative estimate of drug-likeness (QED) is 0.611. The molecule has 2 heteroatoms. The molecule has 1 heterocycles. The van der Waals surface area contributed by atoms with Gasteiger partial charge in [-0.05, 0) is 31.4 Å². The third-order valence-corrected chi connectivity index (χ3v) is 2.78. The summed E-state index contributed by atoms with van der Waals surface area (Å²) in [4.78, 5) is 13.7. The molecule has 0 bridgehead atoms. The zero-order chi connectivity index (χ0) is 10.1. The minimum Gasteiger partial charge on any atom is -0.342 e. The van der Waals surface area contributed by atoms with Crippen molar-refractivity contribution in [3.05, 3.63) is 34.9 Å². The number of rotatable bonds is 0. The van der Waals surface area contributed by atoms with Gasteiger partial charge in [-0.1, -0.05) is 17.7 Å². The molecule has 0 aliphatic carbocycles. The first-order valence-corrected chi connectivity index (χ1v) is 5.03. The van der Waals surface area contributed by atoms with Crippen LogP contribution in [0.4, 0.5) is 0 Å². The molecule has 1 aromatic carbocycles. The molecule has 0 spiro atoms. The second kappa shape index (κ2) is 3.45. The van der Waals surface area contributed by atoms with Crippen LogP contribution in [0.5, 0.6) is 0 Å². The summed E-state index contributed by atoms with van der Waals surface area (Å²) >= 11 is 0. The van der Waals surface area contributed by atoms with Crippen LogP contribution in [0.2, 0.25) is 0 Å². The molecule has 0 saturated carbocycles. The number of aryl methyl sites for hydroxylation is 2. The number of carbonyl (C=O) groups is 1. The van der Waals surface area contributed by atoms with Gasteiger partial charge in [-0.15, -0.1) is 0 Å². The number of carbonyl (C=O) groups excluding carboxylic acids is 1. The smallest absolute Gasteiger partial charge is 0.253 e. The molecule has 0 aromatic heterocycles. The molecule has 14 heavy (non-hydrogen) atoms. The van der Waals surface area contributed by atoms with Gasteiger partial charge in [0, 0.05) is 19.2 Å². The highest BCUT2D eigenvalue weighted by Gasteiger charge is 2.18. The highest BCUT2D eigenvalue weighted by Crippen LogP contribution is 2.18. The number of nitrogens with zero attached hydrogens (tertiary/aromatic N) is 1. The van der Waals surface area contributed by atoms with E-state index in [9.17, 15) is 4.79 Å². The number of benzene rings is 1. The molecule has 2 rings (SSSR count). The van der Waals surface area contributed by atoms with Crippen LogP contribution in [0.3, 0.4) is 0 Å². The molecule has 1 aromatic rings. The highest BCUT2D eigenvalue weighted by molar-refractivity contribution is 5.96. The standard InChI is InChI=1S/C12H15NO/c1-9-5-6-10-4-3-7-13(2)12(14)11(10)8-9/h5-6,8H,3-4,7H2,1-2H3. The fourth-order valence-electron chi connectivity index (χ4n) is 1.92. The lowest BCUT2D eigenvalue weighted by molar-refractivity contribution is 0.0800. The predicted octanol–water partition coefficient (Wildman–Crippen LogP) is 2.01. The Kier molecular flexibility index (Phi) is 2.28. The van der Waals surface area contributed by atoms with E-state index in [-0.39, 0.29) is 5.91 Å². The van der Waals surface area contributed by atoms with Gasteiger partial charge in [-0.3, -0.25) is 4.79 Å². The first kappa shape index (κ1) is 9.25. The van der Waals surface area contributed by atoms with Gasteiger partial charge in [0.15, 0.2) is 0 Å². The molecule has 1 amide bonds. The summed E-state index contributed by atoms with van der Waals surface area (Å²) in [5.41, 5.74) is 3.25. The second-order valence-corrected chi connectivity index (χ2v) is 3.99. The van der Waals surface area contributed by atoms with Gasteiger partial charge in [-0.25, -0.2) is 0 Å². The average Bonchev–Trinajstić information content (AvgIpc) is 2.30. The van der Waals surface area contributed by atoms with Gasteiger partial charge < -0.3 is 4.90 Å². The van der Waals surface area contributed by atoms with E-state index in [1.165, 1.54) is 5.56 Å². The van der Waals surface area contributed by atoms with Gasteiger partial charge in [0.1, 0.15) is 0 Å². The van der Waals surface area contributed by atoms with E-state index in [1.54, 1.807) is 0 Å². The Bertz CT molecular complexity index is 371. The molecule has 2 nitrogen and oxygen atoms in total. The van der Waals surface area contributed by atoms with Gasteiger partial charge in [-0.2, -0.15) is 0 Å². The highest BCUT2D eigenvalue weighted by atomic mass is 16.2. The van der Waals surface area contributed by atoms with E-state index in [4.69, 9.17) is 0 Å². The third-order valence-electron chi connectivity index (χ3n) is 2.78. The summed E-state index contributed by atoms with van der Waals surface area (Å²) in [6.07, 6.45) is 2.09. The van der Waals surface area contributed by atoms with Crippen LogP contribution in [0.15, 0.2) is 18.2 Å². The minimum absolute atomic E-state index is 0.168. The first-order valence-electron chi connectivity index (χ1n) is 5.03. The Balaban J connectivity index is 2.50. The Morgan fingerprint density at radius 3 is 2.93 bits per heavy atom. The first-order chi connectivity index (χ1) is 6.68. The summed E-state index contributed by atoms with van der Waals surface area (Å²) in [5, 5.41) is 0. The molecule has 74 valence electrons. The summed E-state index contributed by atoms with van der Waals surface area (Å²) in [7, 11) is 1.87. The van der Waals surface area contributed by atoms with Gasteiger partial charge in [0.2, 0.25) is 0 Å². The summed E-state index contributed by atoms with van der Waals surface area (Å²) in [6.45, 7) is 2.89. The maximum Gasteiger partial charge on any atom is 0.253 e. The molecule has 0 fully saturated rings. The monoisotopic (exact) mass is 189 g/mol. The van der Waals surface area contributed by atoms with Crippen molar-refractivity contribution in [1.29, 1.82) is 0 Å². The number of amides is 1. The average molecular weight is 189 g/mol. The Labute approximate surface area is 84.5 Å². The fourth-order valence-corrected chi connectivity index (χ4v) is 1.92. The van der Waals surface area contributed by atoms with Crippen molar-refractivity contribution in [2.75, 3.05) is 13.6 Å². The van der Waals surface area contributed by atoms with Gasteiger partial charge in [0.25, 0.3) is 5.91 Å². The van der Waals surface area contributed by atoms with Gasteiger partial charge >= 0.3 is 0 Å². The van der Waals surface area contributed by atoms with E-state index >= 15 is 0 Å². The largest absolute Gasteiger partial charge is 0.342 e. The van der Waals surface area contributed by atoms with Crippen LogP contribution in [0.25, 0.3) is 0 Å². The minimum atomic E-state index is 0.168. The van der Waals surface area contributed by atoms with E-state index < -0.39 is 0 Å². The van der Waals surface area contributed by atoms with Crippen molar-refractivity contribution in [3.63, 3.8) is 0 Å². The molecule has 0 saturated heterocycles. The van der Waals surface area contributed by atoms with Crippen LogP contribution in [0.1, 0.15) is 27.9 Å². The molecular formula is C12H15NO. The zero-order valence-electron chi connectivity index (χ0n) is 8.71. The molecule has 0 atom stereocenters. The lowest BCUT2D eigenvalue weighted by Gasteiger charge is -2.14. The van der Waals surface area contributed by atoms with Crippen LogP contribution in [-0.2, 0) is 6.42 Å². The second-order valence-electron chi connectivity index (χ2n) is 3.99. The van der Waals surface area contributed by atoms with Crippen LogP contribution in [0, 0.1) is 6.92 Å².